The van der Waals surface area contributed by atoms with Gasteiger partial charge >= 0.3 is 5.97 Å². The molecule has 0 aliphatic rings. The van der Waals surface area contributed by atoms with E-state index in [1.54, 1.807) is 31.2 Å². The summed E-state index contributed by atoms with van der Waals surface area (Å²) in [6.45, 7) is 1.98. The van der Waals surface area contributed by atoms with Crippen LogP contribution >= 0.6 is 15.9 Å². The zero-order valence-electron chi connectivity index (χ0n) is 11.2. The molecule has 21 heavy (non-hydrogen) atoms. The number of carbonyl (C=O) groups is 2. The smallest absolute Gasteiger partial charge is 0.327 e. The van der Waals surface area contributed by atoms with Crippen LogP contribution < -0.4 is 5.32 Å². The maximum Gasteiger partial charge on any atom is 0.327 e. The Morgan fingerprint density at radius 3 is 2.71 bits per heavy atom. The first kappa shape index (κ1) is 15.2. The Morgan fingerprint density at radius 2 is 2.05 bits per heavy atom. The van der Waals surface area contributed by atoms with Crippen molar-refractivity contribution in [1.82, 2.24) is 15.0 Å². The van der Waals surface area contributed by atoms with Crippen LogP contribution in [0.25, 0.3) is 0 Å². The standard InChI is InChI=1S/C13H13BrN4O3/c1-2-21-12(19)8-18-7-11(16-17-18)15-13(20)9-3-5-10(14)6-4-9/h3-7H,2,8H2,1H3,(H,15,20). The van der Waals surface area contributed by atoms with Crippen LogP contribution in [0.1, 0.15) is 17.3 Å². The molecule has 0 atom stereocenters. The molecule has 0 bridgehead atoms. The second-order valence-corrected chi connectivity index (χ2v) is 4.98. The number of nitrogens with zero attached hydrogens (tertiary/aromatic N) is 3. The van der Waals surface area contributed by atoms with Gasteiger partial charge in [-0.1, -0.05) is 21.1 Å². The van der Waals surface area contributed by atoms with E-state index in [2.05, 4.69) is 31.6 Å². The van der Waals surface area contributed by atoms with E-state index in [-0.39, 0.29) is 18.3 Å². The van der Waals surface area contributed by atoms with Crippen LogP contribution in [0.4, 0.5) is 5.82 Å². The van der Waals surface area contributed by atoms with Gasteiger partial charge < -0.3 is 10.1 Å². The Kier molecular flexibility index (Phi) is 5.04. The third-order valence-corrected chi connectivity index (χ3v) is 3.01. The van der Waals surface area contributed by atoms with Gasteiger partial charge in [0.1, 0.15) is 6.54 Å². The van der Waals surface area contributed by atoms with Gasteiger partial charge in [-0.05, 0) is 31.2 Å². The largest absolute Gasteiger partial charge is 0.465 e. The third kappa shape index (κ3) is 4.38. The van der Waals surface area contributed by atoms with Gasteiger partial charge in [0.25, 0.3) is 5.91 Å². The van der Waals surface area contributed by atoms with Gasteiger partial charge in [-0.2, -0.15) is 0 Å². The van der Waals surface area contributed by atoms with Crippen molar-refractivity contribution in [2.75, 3.05) is 11.9 Å². The molecule has 0 aliphatic carbocycles. The molecular weight excluding hydrogens is 340 g/mol. The van der Waals surface area contributed by atoms with Crippen molar-refractivity contribution < 1.29 is 14.3 Å². The molecule has 0 fully saturated rings. The second kappa shape index (κ2) is 6.98. The Labute approximate surface area is 129 Å². The van der Waals surface area contributed by atoms with Gasteiger partial charge in [0.05, 0.1) is 12.8 Å². The second-order valence-electron chi connectivity index (χ2n) is 4.07. The molecule has 8 heteroatoms. The highest BCUT2D eigenvalue weighted by Gasteiger charge is 2.10. The summed E-state index contributed by atoms with van der Waals surface area (Å²) in [5, 5.41) is 10.1. The van der Waals surface area contributed by atoms with Crippen molar-refractivity contribution in [3.63, 3.8) is 0 Å². The molecule has 0 radical (unpaired) electrons. The van der Waals surface area contributed by atoms with Gasteiger partial charge in [-0.25, -0.2) is 4.68 Å². The van der Waals surface area contributed by atoms with Gasteiger partial charge in [-0.15, -0.1) is 5.10 Å². The number of esters is 1. The fraction of sp³-hybridized carbons (Fsp3) is 0.231. The lowest BCUT2D eigenvalue weighted by Crippen LogP contribution is -2.14. The van der Waals surface area contributed by atoms with Crippen LogP contribution in [-0.4, -0.2) is 33.5 Å². The molecule has 0 unspecified atom stereocenters. The van der Waals surface area contributed by atoms with Crippen LogP contribution in [-0.2, 0) is 16.1 Å². The van der Waals surface area contributed by atoms with Gasteiger partial charge in [0, 0.05) is 10.0 Å². The van der Waals surface area contributed by atoms with Crippen molar-refractivity contribution in [2.45, 2.75) is 13.5 Å². The van der Waals surface area contributed by atoms with Crippen molar-refractivity contribution in [1.29, 1.82) is 0 Å². The van der Waals surface area contributed by atoms with Crippen LogP contribution in [0.3, 0.4) is 0 Å². The number of nitrogens with one attached hydrogen (secondary N) is 1. The summed E-state index contributed by atoms with van der Waals surface area (Å²) in [5.74, 6) is -0.439. The lowest BCUT2D eigenvalue weighted by Gasteiger charge is -2.01. The fourth-order valence-corrected chi connectivity index (χ4v) is 1.83. The zero-order valence-corrected chi connectivity index (χ0v) is 12.8. The number of rotatable bonds is 5. The highest BCUT2D eigenvalue weighted by molar-refractivity contribution is 9.10. The SMILES string of the molecule is CCOC(=O)Cn1cc(NC(=O)c2ccc(Br)cc2)nn1. The predicted molar refractivity (Wildman–Crippen MR) is 78.8 cm³/mol. The number of amides is 1. The topological polar surface area (TPSA) is 86.1 Å². The van der Waals surface area contributed by atoms with E-state index in [1.165, 1.54) is 10.9 Å². The van der Waals surface area contributed by atoms with Crippen LogP contribution in [0.5, 0.6) is 0 Å². The zero-order chi connectivity index (χ0) is 15.2. The first-order valence-corrected chi connectivity index (χ1v) is 7.00. The quantitative estimate of drug-likeness (QED) is 0.830. The summed E-state index contributed by atoms with van der Waals surface area (Å²) in [6, 6.07) is 6.91. The van der Waals surface area contributed by atoms with Gasteiger partial charge in [-0.3, -0.25) is 9.59 Å². The molecule has 2 rings (SSSR count). The monoisotopic (exact) mass is 352 g/mol. The highest BCUT2D eigenvalue weighted by atomic mass is 79.9. The van der Waals surface area contributed by atoms with Gasteiger partial charge in [0.15, 0.2) is 5.82 Å². The number of aromatic nitrogens is 3. The maximum atomic E-state index is 12.0. The molecule has 2 aromatic rings. The van der Waals surface area contributed by atoms with E-state index in [1.807, 2.05) is 0 Å². The maximum absolute atomic E-state index is 12.0. The van der Waals surface area contributed by atoms with Crippen LogP contribution in [0.2, 0.25) is 0 Å². The average molecular weight is 353 g/mol. The molecule has 0 saturated heterocycles. The normalized spacial score (nSPS) is 10.2. The van der Waals surface area contributed by atoms with E-state index in [0.717, 1.165) is 4.47 Å². The van der Waals surface area contributed by atoms with Crippen molar-refractivity contribution in [3.05, 3.63) is 40.5 Å². The Balaban J connectivity index is 1.97. The molecule has 7 nitrogen and oxygen atoms in total. The van der Waals surface area contributed by atoms with E-state index >= 15 is 0 Å². The number of halogens is 1. The van der Waals surface area contributed by atoms with Crippen LogP contribution in [0.15, 0.2) is 34.9 Å². The molecule has 110 valence electrons. The minimum atomic E-state index is -0.409. The number of ether oxygens (including phenoxy) is 1. The number of anilines is 1. The Morgan fingerprint density at radius 1 is 1.33 bits per heavy atom. The molecule has 1 aromatic heterocycles. The number of hydrogen-bond donors (Lipinski definition) is 1. The lowest BCUT2D eigenvalue weighted by atomic mass is 10.2. The Bertz CT molecular complexity index is 639. The van der Waals surface area contributed by atoms with E-state index in [4.69, 9.17) is 4.74 Å². The van der Waals surface area contributed by atoms with Crippen molar-refractivity contribution >= 4 is 33.6 Å². The summed E-state index contributed by atoms with van der Waals surface area (Å²) >= 11 is 3.30. The molecule has 1 aromatic carbocycles. The number of carbonyl (C=O) groups excluding carboxylic acids is 2. The van der Waals surface area contributed by atoms with Crippen molar-refractivity contribution in [2.24, 2.45) is 0 Å². The molecule has 0 saturated carbocycles. The summed E-state index contributed by atoms with van der Waals surface area (Å²) in [5.41, 5.74) is 0.498. The highest BCUT2D eigenvalue weighted by Crippen LogP contribution is 2.12. The van der Waals surface area contributed by atoms with E-state index in [9.17, 15) is 9.59 Å². The van der Waals surface area contributed by atoms with Crippen molar-refractivity contribution in [3.8, 4) is 0 Å². The average Bonchev–Trinajstić information content (AvgIpc) is 2.86. The number of benzene rings is 1. The first-order valence-electron chi connectivity index (χ1n) is 6.21. The lowest BCUT2D eigenvalue weighted by molar-refractivity contribution is -0.144. The molecule has 1 amide bonds. The predicted octanol–water partition coefficient (Wildman–Crippen LogP) is 1.86. The Hall–Kier alpha value is -2.22. The summed E-state index contributed by atoms with van der Waals surface area (Å²) < 4.78 is 6.99. The third-order valence-electron chi connectivity index (χ3n) is 2.48. The summed E-state index contributed by atoms with van der Waals surface area (Å²) in [6.07, 6.45) is 1.47. The minimum Gasteiger partial charge on any atom is -0.465 e. The summed E-state index contributed by atoms with van der Waals surface area (Å²) in [4.78, 5) is 23.3. The minimum absolute atomic E-state index is 0.0466. The van der Waals surface area contributed by atoms with E-state index < -0.39 is 5.97 Å². The van der Waals surface area contributed by atoms with Crippen LogP contribution in [0, 0.1) is 0 Å². The molecule has 0 aliphatic heterocycles. The molecular formula is C13H13BrN4O3. The summed E-state index contributed by atoms with van der Waals surface area (Å²) in [7, 11) is 0. The first-order chi connectivity index (χ1) is 10.1. The molecule has 0 spiro atoms. The van der Waals surface area contributed by atoms with E-state index in [0.29, 0.717) is 12.2 Å². The molecule has 1 N–H and O–H groups in total. The fourth-order valence-electron chi connectivity index (χ4n) is 1.56. The number of hydrogen-bond acceptors (Lipinski definition) is 5. The van der Waals surface area contributed by atoms with Gasteiger partial charge in [0.2, 0.25) is 0 Å². The molecule has 1 heterocycles.